The SMILES string of the molecule is Nc1cc(Cl)ccc1-c1nc(C(=O)O)c(Cl)c(N)c1F. The zero-order chi connectivity index (χ0) is 15.0. The maximum Gasteiger partial charge on any atom is 0.356 e. The molecule has 0 aliphatic rings. The van der Waals surface area contributed by atoms with Gasteiger partial charge in [0, 0.05) is 16.3 Å². The molecule has 104 valence electrons. The fraction of sp³-hybridized carbons (Fsp3) is 0. The molecule has 20 heavy (non-hydrogen) atoms. The van der Waals surface area contributed by atoms with E-state index in [1.165, 1.54) is 18.2 Å². The summed E-state index contributed by atoms with van der Waals surface area (Å²) in [5, 5.41) is 8.89. The molecule has 0 amide bonds. The topological polar surface area (TPSA) is 102 Å². The molecule has 0 bridgehead atoms. The van der Waals surface area contributed by atoms with E-state index >= 15 is 0 Å². The normalized spacial score (nSPS) is 10.6. The van der Waals surface area contributed by atoms with Gasteiger partial charge in [-0.25, -0.2) is 14.2 Å². The summed E-state index contributed by atoms with van der Waals surface area (Å²) in [6.07, 6.45) is 0. The Kier molecular flexibility index (Phi) is 3.69. The monoisotopic (exact) mass is 315 g/mol. The molecule has 0 saturated carbocycles. The predicted octanol–water partition coefficient (Wildman–Crippen LogP) is 3.06. The lowest BCUT2D eigenvalue weighted by Gasteiger charge is -2.11. The van der Waals surface area contributed by atoms with Crippen molar-refractivity contribution in [3.63, 3.8) is 0 Å². The van der Waals surface area contributed by atoms with Crippen molar-refractivity contribution in [2.45, 2.75) is 0 Å². The Morgan fingerprint density at radius 2 is 1.95 bits per heavy atom. The summed E-state index contributed by atoms with van der Waals surface area (Å²) < 4.78 is 14.1. The number of pyridine rings is 1. The molecule has 0 atom stereocenters. The van der Waals surface area contributed by atoms with Crippen LogP contribution in [0.15, 0.2) is 18.2 Å². The largest absolute Gasteiger partial charge is 0.476 e. The van der Waals surface area contributed by atoms with E-state index in [-0.39, 0.29) is 16.9 Å². The molecule has 1 heterocycles. The van der Waals surface area contributed by atoms with Gasteiger partial charge in [0.2, 0.25) is 0 Å². The average molecular weight is 316 g/mol. The van der Waals surface area contributed by atoms with Gasteiger partial charge in [-0.2, -0.15) is 0 Å². The standard InChI is InChI=1S/C12H8Cl2FN3O2/c13-4-1-2-5(6(16)3-4)10-8(15)9(17)7(14)11(18-10)12(19)20/h1-3H,16H2,(H2,17,18)(H,19,20). The number of anilines is 2. The van der Waals surface area contributed by atoms with E-state index in [4.69, 9.17) is 39.8 Å². The van der Waals surface area contributed by atoms with E-state index in [0.29, 0.717) is 5.02 Å². The number of nitrogens with zero attached hydrogens (tertiary/aromatic N) is 1. The second-order valence-electron chi connectivity index (χ2n) is 3.89. The highest BCUT2D eigenvalue weighted by molar-refractivity contribution is 6.35. The van der Waals surface area contributed by atoms with Gasteiger partial charge in [0.25, 0.3) is 0 Å². The second kappa shape index (κ2) is 5.15. The van der Waals surface area contributed by atoms with E-state index in [1.807, 2.05) is 0 Å². The second-order valence-corrected chi connectivity index (χ2v) is 4.70. The van der Waals surface area contributed by atoms with Gasteiger partial charge >= 0.3 is 5.97 Å². The fourth-order valence-corrected chi connectivity index (χ4v) is 2.02. The molecule has 0 fully saturated rings. The van der Waals surface area contributed by atoms with E-state index in [0.717, 1.165) is 0 Å². The molecule has 0 unspecified atom stereocenters. The first kappa shape index (κ1) is 14.4. The molecule has 2 rings (SSSR count). The van der Waals surface area contributed by atoms with Crippen LogP contribution in [0.25, 0.3) is 11.3 Å². The molecule has 0 aliphatic heterocycles. The number of hydrogen-bond acceptors (Lipinski definition) is 4. The third-order valence-corrected chi connectivity index (χ3v) is 3.20. The van der Waals surface area contributed by atoms with Gasteiger partial charge in [0.1, 0.15) is 5.69 Å². The third kappa shape index (κ3) is 2.35. The van der Waals surface area contributed by atoms with Gasteiger partial charge in [0.05, 0.1) is 10.7 Å². The lowest BCUT2D eigenvalue weighted by atomic mass is 10.1. The van der Waals surface area contributed by atoms with E-state index < -0.39 is 28.2 Å². The smallest absolute Gasteiger partial charge is 0.356 e. The number of benzene rings is 1. The summed E-state index contributed by atoms with van der Waals surface area (Å²) in [6.45, 7) is 0. The number of nitrogen functional groups attached to an aromatic ring is 2. The Bertz CT molecular complexity index is 722. The van der Waals surface area contributed by atoms with Crippen molar-refractivity contribution in [3.05, 3.63) is 39.8 Å². The van der Waals surface area contributed by atoms with Crippen LogP contribution >= 0.6 is 23.2 Å². The van der Waals surface area contributed by atoms with Crippen molar-refractivity contribution in [2.75, 3.05) is 11.5 Å². The highest BCUT2D eigenvalue weighted by Gasteiger charge is 2.22. The Morgan fingerprint density at radius 3 is 2.50 bits per heavy atom. The van der Waals surface area contributed by atoms with Crippen molar-refractivity contribution >= 4 is 40.5 Å². The molecule has 0 aliphatic carbocycles. The fourth-order valence-electron chi connectivity index (χ4n) is 1.63. The van der Waals surface area contributed by atoms with E-state index in [9.17, 15) is 9.18 Å². The van der Waals surface area contributed by atoms with Crippen LogP contribution in [0.1, 0.15) is 10.5 Å². The van der Waals surface area contributed by atoms with E-state index in [2.05, 4.69) is 4.98 Å². The van der Waals surface area contributed by atoms with Crippen LogP contribution in [-0.2, 0) is 0 Å². The number of hydrogen-bond donors (Lipinski definition) is 3. The van der Waals surface area contributed by atoms with Crippen LogP contribution < -0.4 is 11.5 Å². The lowest BCUT2D eigenvalue weighted by Crippen LogP contribution is -2.09. The number of carbonyl (C=O) groups is 1. The van der Waals surface area contributed by atoms with Crippen LogP contribution in [0.4, 0.5) is 15.8 Å². The number of aromatic nitrogens is 1. The minimum absolute atomic E-state index is 0.141. The van der Waals surface area contributed by atoms with E-state index in [1.54, 1.807) is 0 Å². The lowest BCUT2D eigenvalue weighted by molar-refractivity contribution is 0.0691. The minimum atomic E-state index is -1.42. The molecule has 0 saturated heterocycles. The maximum atomic E-state index is 14.1. The summed E-state index contributed by atoms with van der Waals surface area (Å²) in [5.74, 6) is -2.36. The summed E-state index contributed by atoms with van der Waals surface area (Å²) >= 11 is 11.4. The summed E-state index contributed by atoms with van der Waals surface area (Å²) in [7, 11) is 0. The Labute approximate surface area is 122 Å². The zero-order valence-electron chi connectivity index (χ0n) is 9.82. The van der Waals surface area contributed by atoms with Crippen LogP contribution in [0.3, 0.4) is 0 Å². The van der Waals surface area contributed by atoms with Gasteiger partial charge in [-0.15, -0.1) is 0 Å². The first-order valence-corrected chi connectivity index (χ1v) is 6.01. The number of halogens is 3. The predicted molar refractivity (Wildman–Crippen MR) is 75.4 cm³/mol. The van der Waals surface area contributed by atoms with Crippen LogP contribution in [0, 0.1) is 5.82 Å². The quantitative estimate of drug-likeness (QED) is 0.739. The summed E-state index contributed by atoms with van der Waals surface area (Å²) in [4.78, 5) is 14.7. The molecule has 1 aromatic heterocycles. The first-order valence-electron chi connectivity index (χ1n) is 5.26. The van der Waals surface area contributed by atoms with Crippen LogP contribution in [-0.4, -0.2) is 16.1 Å². The molecule has 0 radical (unpaired) electrons. The molecule has 5 N–H and O–H groups in total. The van der Waals surface area contributed by atoms with Gasteiger partial charge in [-0.1, -0.05) is 23.2 Å². The highest BCUT2D eigenvalue weighted by atomic mass is 35.5. The first-order chi connectivity index (χ1) is 9.32. The molecule has 8 heteroatoms. The maximum absolute atomic E-state index is 14.1. The molecule has 1 aromatic carbocycles. The Balaban J connectivity index is 2.77. The van der Waals surface area contributed by atoms with Crippen LogP contribution in [0.2, 0.25) is 10.0 Å². The molecule has 5 nitrogen and oxygen atoms in total. The highest BCUT2D eigenvalue weighted by Crippen LogP contribution is 2.35. The zero-order valence-corrected chi connectivity index (χ0v) is 11.3. The summed E-state index contributed by atoms with van der Waals surface area (Å²) in [6, 6.07) is 4.28. The Morgan fingerprint density at radius 1 is 1.30 bits per heavy atom. The van der Waals surface area contributed by atoms with Gasteiger partial charge in [0.15, 0.2) is 11.5 Å². The number of nitrogens with two attached hydrogens (primary N) is 2. The van der Waals surface area contributed by atoms with Crippen molar-refractivity contribution in [3.8, 4) is 11.3 Å². The molecular formula is C12H8Cl2FN3O2. The minimum Gasteiger partial charge on any atom is -0.476 e. The van der Waals surface area contributed by atoms with Crippen molar-refractivity contribution in [2.24, 2.45) is 0 Å². The van der Waals surface area contributed by atoms with Gasteiger partial charge in [-0.3, -0.25) is 0 Å². The molecule has 0 spiro atoms. The number of carboxylic acid groups (broad SMARTS) is 1. The molecular weight excluding hydrogens is 308 g/mol. The van der Waals surface area contributed by atoms with Crippen LogP contribution in [0.5, 0.6) is 0 Å². The number of carboxylic acids is 1. The van der Waals surface area contributed by atoms with Gasteiger partial charge < -0.3 is 16.6 Å². The van der Waals surface area contributed by atoms with Crippen molar-refractivity contribution < 1.29 is 14.3 Å². The third-order valence-electron chi connectivity index (χ3n) is 2.58. The summed E-state index contributed by atoms with van der Waals surface area (Å²) in [5.41, 5.74) is 10.2. The number of rotatable bonds is 2. The average Bonchev–Trinajstić information content (AvgIpc) is 2.37. The molecule has 2 aromatic rings. The van der Waals surface area contributed by atoms with Gasteiger partial charge in [-0.05, 0) is 18.2 Å². The van der Waals surface area contributed by atoms with Crippen molar-refractivity contribution in [1.29, 1.82) is 0 Å². The number of aromatic carboxylic acids is 1. The Hall–Kier alpha value is -2.05. The van der Waals surface area contributed by atoms with Crippen molar-refractivity contribution in [1.82, 2.24) is 4.98 Å².